The molecule has 0 unspecified atom stereocenters. The van der Waals surface area contributed by atoms with Gasteiger partial charge in [-0.3, -0.25) is 4.79 Å². The van der Waals surface area contributed by atoms with Crippen molar-refractivity contribution in [2.45, 2.75) is 6.54 Å². The van der Waals surface area contributed by atoms with Gasteiger partial charge in [-0.15, -0.1) is 0 Å². The van der Waals surface area contributed by atoms with Crippen LogP contribution >= 0.6 is 15.9 Å². The molecule has 18 heavy (non-hydrogen) atoms. The van der Waals surface area contributed by atoms with Gasteiger partial charge < -0.3 is 15.4 Å². The van der Waals surface area contributed by atoms with Gasteiger partial charge in [0.25, 0.3) is 0 Å². The van der Waals surface area contributed by atoms with Gasteiger partial charge in [0.15, 0.2) is 0 Å². The molecule has 0 aliphatic heterocycles. The average molecular weight is 319 g/mol. The van der Waals surface area contributed by atoms with Crippen LogP contribution in [0.4, 0.5) is 4.39 Å². The highest BCUT2D eigenvalue weighted by Crippen LogP contribution is 2.16. The molecule has 0 saturated carbocycles. The fourth-order valence-electron chi connectivity index (χ4n) is 1.32. The molecule has 1 aromatic carbocycles. The zero-order valence-electron chi connectivity index (χ0n) is 10.1. The SMILES string of the molecule is COCCNC(=O)CNCc1ccc(Br)c(F)c1. The van der Waals surface area contributed by atoms with Crippen molar-refractivity contribution in [3.63, 3.8) is 0 Å². The molecule has 100 valence electrons. The highest BCUT2D eigenvalue weighted by Gasteiger charge is 2.02. The quantitative estimate of drug-likeness (QED) is 0.748. The Balaban J connectivity index is 2.24. The largest absolute Gasteiger partial charge is 0.383 e. The molecule has 2 N–H and O–H groups in total. The smallest absolute Gasteiger partial charge is 0.234 e. The molecule has 4 nitrogen and oxygen atoms in total. The van der Waals surface area contributed by atoms with Gasteiger partial charge in [-0.2, -0.15) is 0 Å². The minimum Gasteiger partial charge on any atom is -0.383 e. The van der Waals surface area contributed by atoms with Gasteiger partial charge >= 0.3 is 0 Å². The number of halogens is 2. The standard InChI is InChI=1S/C12H16BrFN2O2/c1-18-5-4-16-12(17)8-15-7-9-2-3-10(13)11(14)6-9/h2-3,6,15H,4-5,7-8H2,1H3,(H,16,17). The van der Waals surface area contributed by atoms with Gasteiger partial charge in [-0.25, -0.2) is 4.39 Å². The Hall–Kier alpha value is -0.980. The third-order valence-corrected chi connectivity index (χ3v) is 2.87. The first-order chi connectivity index (χ1) is 8.63. The van der Waals surface area contributed by atoms with Crippen LogP contribution in [-0.2, 0) is 16.1 Å². The van der Waals surface area contributed by atoms with Crippen LogP contribution in [0.15, 0.2) is 22.7 Å². The summed E-state index contributed by atoms with van der Waals surface area (Å²) in [4.78, 5) is 11.3. The van der Waals surface area contributed by atoms with Crippen LogP contribution in [0, 0.1) is 5.82 Å². The number of hydrogen-bond donors (Lipinski definition) is 2. The molecule has 0 fully saturated rings. The third kappa shape index (κ3) is 5.57. The van der Waals surface area contributed by atoms with Crippen molar-refractivity contribution in [1.29, 1.82) is 0 Å². The fraction of sp³-hybridized carbons (Fsp3) is 0.417. The first kappa shape index (κ1) is 15.1. The Morgan fingerprint density at radius 2 is 2.28 bits per heavy atom. The van der Waals surface area contributed by atoms with Crippen LogP contribution in [-0.4, -0.2) is 32.7 Å². The van der Waals surface area contributed by atoms with E-state index in [1.54, 1.807) is 19.2 Å². The molecule has 0 atom stereocenters. The number of ether oxygens (including phenoxy) is 1. The maximum Gasteiger partial charge on any atom is 0.234 e. The number of benzene rings is 1. The fourth-order valence-corrected chi connectivity index (χ4v) is 1.57. The minimum atomic E-state index is -0.307. The average Bonchev–Trinajstić information content (AvgIpc) is 2.34. The highest BCUT2D eigenvalue weighted by atomic mass is 79.9. The van der Waals surface area contributed by atoms with E-state index in [1.165, 1.54) is 6.07 Å². The number of nitrogens with one attached hydrogen (secondary N) is 2. The van der Waals surface area contributed by atoms with E-state index >= 15 is 0 Å². The van der Waals surface area contributed by atoms with Crippen molar-refractivity contribution < 1.29 is 13.9 Å². The normalized spacial score (nSPS) is 10.4. The van der Waals surface area contributed by atoms with Crippen LogP contribution in [0.3, 0.4) is 0 Å². The van der Waals surface area contributed by atoms with E-state index in [2.05, 4.69) is 26.6 Å². The van der Waals surface area contributed by atoms with Crippen LogP contribution in [0.25, 0.3) is 0 Å². The molecular weight excluding hydrogens is 303 g/mol. The van der Waals surface area contributed by atoms with Gasteiger partial charge in [0.1, 0.15) is 5.82 Å². The van der Waals surface area contributed by atoms with Gasteiger partial charge in [0, 0.05) is 20.2 Å². The molecule has 0 bridgehead atoms. The summed E-state index contributed by atoms with van der Waals surface area (Å²) in [6.07, 6.45) is 0. The number of hydrogen-bond acceptors (Lipinski definition) is 3. The third-order valence-electron chi connectivity index (χ3n) is 2.23. The molecule has 0 radical (unpaired) electrons. The summed E-state index contributed by atoms with van der Waals surface area (Å²) in [5.74, 6) is -0.413. The van der Waals surface area contributed by atoms with Gasteiger partial charge in [0.2, 0.25) is 5.91 Å². The lowest BCUT2D eigenvalue weighted by atomic mass is 10.2. The van der Waals surface area contributed by atoms with Crippen molar-refractivity contribution in [1.82, 2.24) is 10.6 Å². The maximum absolute atomic E-state index is 13.2. The van der Waals surface area contributed by atoms with E-state index in [1.807, 2.05) is 0 Å². The molecule has 0 aromatic heterocycles. The van der Waals surface area contributed by atoms with Gasteiger partial charge in [0.05, 0.1) is 17.6 Å². The van der Waals surface area contributed by atoms with Crippen molar-refractivity contribution in [3.8, 4) is 0 Å². The lowest BCUT2D eigenvalue weighted by molar-refractivity contribution is -0.120. The number of methoxy groups -OCH3 is 1. The molecule has 0 aliphatic carbocycles. The van der Waals surface area contributed by atoms with E-state index in [0.29, 0.717) is 24.2 Å². The Morgan fingerprint density at radius 3 is 2.94 bits per heavy atom. The Morgan fingerprint density at radius 1 is 1.50 bits per heavy atom. The van der Waals surface area contributed by atoms with Crippen LogP contribution in [0.2, 0.25) is 0 Å². The van der Waals surface area contributed by atoms with E-state index in [-0.39, 0.29) is 18.3 Å². The molecule has 0 heterocycles. The van der Waals surface area contributed by atoms with Crippen molar-refractivity contribution in [3.05, 3.63) is 34.1 Å². The Bertz CT molecular complexity index is 402. The second kappa shape index (κ2) is 8.18. The molecule has 1 amide bonds. The first-order valence-electron chi connectivity index (χ1n) is 5.53. The molecule has 0 spiro atoms. The number of rotatable bonds is 7. The lowest BCUT2D eigenvalue weighted by Gasteiger charge is -2.07. The summed E-state index contributed by atoms with van der Waals surface area (Å²) < 4.78 is 18.4. The summed E-state index contributed by atoms with van der Waals surface area (Å²) in [7, 11) is 1.58. The molecule has 0 saturated heterocycles. The second-order valence-corrected chi connectivity index (χ2v) is 4.55. The van der Waals surface area contributed by atoms with E-state index in [0.717, 1.165) is 5.56 Å². The van der Waals surface area contributed by atoms with E-state index < -0.39 is 0 Å². The summed E-state index contributed by atoms with van der Waals surface area (Å²) >= 11 is 3.08. The van der Waals surface area contributed by atoms with Crippen LogP contribution in [0.1, 0.15) is 5.56 Å². The van der Waals surface area contributed by atoms with Gasteiger partial charge in [-0.05, 0) is 33.6 Å². The van der Waals surface area contributed by atoms with E-state index in [9.17, 15) is 9.18 Å². The minimum absolute atomic E-state index is 0.107. The van der Waals surface area contributed by atoms with Crippen molar-refractivity contribution >= 4 is 21.8 Å². The van der Waals surface area contributed by atoms with Crippen LogP contribution in [0.5, 0.6) is 0 Å². The lowest BCUT2D eigenvalue weighted by Crippen LogP contribution is -2.35. The van der Waals surface area contributed by atoms with Crippen LogP contribution < -0.4 is 10.6 Å². The van der Waals surface area contributed by atoms with Crippen molar-refractivity contribution in [2.24, 2.45) is 0 Å². The maximum atomic E-state index is 13.2. The predicted molar refractivity (Wildman–Crippen MR) is 70.7 cm³/mol. The highest BCUT2D eigenvalue weighted by molar-refractivity contribution is 9.10. The zero-order chi connectivity index (χ0) is 13.4. The monoisotopic (exact) mass is 318 g/mol. The Kier molecular flexibility index (Phi) is 6.85. The molecular formula is C12H16BrFN2O2. The summed E-state index contributed by atoms with van der Waals surface area (Å²) in [6.45, 7) is 1.62. The molecule has 0 aliphatic rings. The Labute approximate surface area is 114 Å². The summed E-state index contributed by atoms with van der Waals surface area (Å²) in [5.41, 5.74) is 0.792. The number of carbonyl (C=O) groups excluding carboxylic acids is 1. The number of carbonyl (C=O) groups is 1. The molecule has 1 rings (SSSR count). The predicted octanol–water partition coefficient (Wildman–Crippen LogP) is 1.44. The topological polar surface area (TPSA) is 50.4 Å². The first-order valence-corrected chi connectivity index (χ1v) is 6.33. The summed E-state index contributed by atoms with van der Waals surface area (Å²) in [6, 6.07) is 4.87. The molecule has 6 heteroatoms. The summed E-state index contributed by atoms with van der Waals surface area (Å²) in [5, 5.41) is 5.62. The van der Waals surface area contributed by atoms with Crippen molar-refractivity contribution in [2.75, 3.05) is 26.8 Å². The second-order valence-electron chi connectivity index (χ2n) is 3.69. The molecule has 1 aromatic rings. The van der Waals surface area contributed by atoms with Gasteiger partial charge in [-0.1, -0.05) is 6.07 Å². The zero-order valence-corrected chi connectivity index (χ0v) is 11.7. The van der Waals surface area contributed by atoms with E-state index in [4.69, 9.17) is 4.74 Å². The number of amides is 1.